The molecule has 2 saturated heterocycles. The Morgan fingerprint density at radius 2 is 1.86 bits per heavy atom. The molecule has 0 atom stereocenters. The van der Waals surface area contributed by atoms with Gasteiger partial charge in [0.2, 0.25) is 0 Å². The lowest BCUT2D eigenvalue weighted by Gasteiger charge is -2.50. The van der Waals surface area contributed by atoms with Crippen molar-refractivity contribution in [2.24, 2.45) is 12.0 Å². The molecule has 158 valence electrons. The van der Waals surface area contributed by atoms with E-state index in [1.165, 1.54) is 64.0 Å². The molecular weight excluding hydrogens is 372 g/mol. The van der Waals surface area contributed by atoms with Crippen molar-refractivity contribution in [1.82, 2.24) is 24.6 Å². The fraction of sp³-hybridized carbons (Fsp3) is 0.762. The van der Waals surface area contributed by atoms with E-state index in [4.69, 9.17) is 11.6 Å². The largest absolute Gasteiger partial charge is 0.354 e. The first-order valence-electron chi connectivity index (χ1n) is 10.6. The first-order chi connectivity index (χ1) is 13.4. The van der Waals surface area contributed by atoms with Crippen LogP contribution in [0.2, 0.25) is 5.02 Å². The minimum atomic E-state index is 0.248. The molecule has 0 aromatic carbocycles. The molecule has 0 unspecified atom stereocenters. The maximum Gasteiger partial charge on any atom is 0.193 e. The third-order valence-electron chi connectivity index (χ3n) is 6.57. The molecule has 2 aliphatic rings. The van der Waals surface area contributed by atoms with Crippen LogP contribution in [0.3, 0.4) is 0 Å². The van der Waals surface area contributed by atoms with Crippen LogP contribution >= 0.6 is 11.6 Å². The van der Waals surface area contributed by atoms with Crippen molar-refractivity contribution in [3.63, 3.8) is 0 Å². The highest BCUT2D eigenvalue weighted by molar-refractivity contribution is 6.30. The van der Waals surface area contributed by atoms with Crippen molar-refractivity contribution in [3.8, 4) is 0 Å². The van der Waals surface area contributed by atoms with E-state index < -0.39 is 0 Å². The van der Waals surface area contributed by atoms with Gasteiger partial charge in [-0.3, -0.25) is 9.89 Å². The summed E-state index contributed by atoms with van der Waals surface area (Å²) in [6.45, 7) is 6.57. The van der Waals surface area contributed by atoms with E-state index in [0.29, 0.717) is 0 Å². The Kier molecular flexibility index (Phi) is 7.29. The first-order valence-corrected chi connectivity index (χ1v) is 11.0. The van der Waals surface area contributed by atoms with Gasteiger partial charge in [0.1, 0.15) is 0 Å². The third-order valence-corrected chi connectivity index (χ3v) is 6.77. The van der Waals surface area contributed by atoms with Crippen LogP contribution in [0.5, 0.6) is 0 Å². The summed E-state index contributed by atoms with van der Waals surface area (Å²) in [4.78, 5) is 12.0. The van der Waals surface area contributed by atoms with E-state index in [0.717, 1.165) is 24.1 Å². The van der Waals surface area contributed by atoms with Crippen molar-refractivity contribution in [1.29, 1.82) is 0 Å². The number of hydrogen-bond donors (Lipinski definition) is 1. The summed E-state index contributed by atoms with van der Waals surface area (Å²) in [5.41, 5.74) is 1.43. The van der Waals surface area contributed by atoms with Crippen LogP contribution in [0.1, 0.15) is 37.8 Å². The normalized spacial score (nSPS) is 21.7. The molecule has 2 aliphatic heterocycles. The van der Waals surface area contributed by atoms with Crippen LogP contribution in [0, 0.1) is 0 Å². The molecule has 0 saturated carbocycles. The highest BCUT2D eigenvalue weighted by Crippen LogP contribution is 2.31. The Morgan fingerprint density at radius 1 is 1.18 bits per heavy atom. The van der Waals surface area contributed by atoms with Crippen LogP contribution in [-0.4, -0.2) is 84.6 Å². The predicted octanol–water partition coefficient (Wildman–Crippen LogP) is 2.64. The smallest absolute Gasteiger partial charge is 0.193 e. The van der Waals surface area contributed by atoms with E-state index in [2.05, 4.69) is 43.7 Å². The number of likely N-dealkylation sites (tertiary alicyclic amines) is 2. The molecule has 0 radical (unpaired) electrons. The standard InChI is InChI=1S/C21H37ClN6/c1-23-20(27(4)16-19-14-18(22)15-26(19)3)24-17-21(8-12-25(2)13-9-21)28-10-6-5-7-11-28/h14-15H,5-13,16-17H2,1-4H3,(H,23,24). The zero-order chi connectivity index (χ0) is 20.1. The molecule has 0 aliphatic carbocycles. The Balaban J connectivity index is 1.65. The molecule has 1 aromatic rings. The van der Waals surface area contributed by atoms with Crippen molar-refractivity contribution in [2.45, 2.75) is 44.2 Å². The van der Waals surface area contributed by atoms with Crippen LogP contribution in [-0.2, 0) is 13.6 Å². The number of piperidine rings is 2. The van der Waals surface area contributed by atoms with Crippen molar-refractivity contribution in [3.05, 3.63) is 23.0 Å². The number of nitrogens with zero attached hydrogens (tertiary/aromatic N) is 5. The number of aromatic nitrogens is 1. The second-order valence-electron chi connectivity index (χ2n) is 8.59. The topological polar surface area (TPSA) is 39.0 Å². The Labute approximate surface area is 175 Å². The third kappa shape index (κ3) is 5.02. The minimum Gasteiger partial charge on any atom is -0.354 e. The number of guanidine groups is 1. The molecule has 0 bridgehead atoms. The van der Waals surface area contributed by atoms with E-state index >= 15 is 0 Å². The van der Waals surface area contributed by atoms with Crippen LogP contribution < -0.4 is 5.32 Å². The Bertz CT molecular complexity index is 656. The number of aliphatic imine (C=N–C) groups is 1. The summed E-state index contributed by atoms with van der Waals surface area (Å²) in [6, 6.07) is 2.03. The van der Waals surface area contributed by atoms with Crippen molar-refractivity contribution >= 4 is 17.6 Å². The van der Waals surface area contributed by atoms with Crippen LogP contribution in [0.4, 0.5) is 0 Å². The molecule has 28 heavy (non-hydrogen) atoms. The summed E-state index contributed by atoms with van der Waals surface area (Å²) in [6.07, 6.45) is 8.45. The molecule has 0 spiro atoms. The highest BCUT2D eigenvalue weighted by atomic mass is 35.5. The molecule has 3 heterocycles. The molecule has 6 nitrogen and oxygen atoms in total. The van der Waals surface area contributed by atoms with Gasteiger partial charge in [0.25, 0.3) is 0 Å². The van der Waals surface area contributed by atoms with E-state index in [9.17, 15) is 0 Å². The number of halogens is 1. The molecule has 0 amide bonds. The second kappa shape index (κ2) is 9.51. The first kappa shape index (κ1) is 21.5. The SMILES string of the molecule is CN=C(NCC1(N2CCCCC2)CCN(C)CC1)N(C)Cc1cc(Cl)cn1C. The lowest BCUT2D eigenvalue weighted by atomic mass is 9.84. The zero-order valence-electron chi connectivity index (χ0n) is 18.0. The average molecular weight is 409 g/mol. The van der Waals surface area contributed by atoms with Gasteiger partial charge in [-0.2, -0.15) is 0 Å². The van der Waals surface area contributed by atoms with E-state index in [1.54, 1.807) is 0 Å². The monoisotopic (exact) mass is 408 g/mol. The summed E-state index contributed by atoms with van der Waals surface area (Å²) in [5.74, 6) is 0.952. The van der Waals surface area contributed by atoms with Gasteiger partial charge in [-0.1, -0.05) is 18.0 Å². The molecular formula is C21H37ClN6. The maximum absolute atomic E-state index is 6.15. The molecule has 1 N–H and O–H groups in total. The van der Waals surface area contributed by atoms with Crippen LogP contribution in [0.15, 0.2) is 17.3 Å². The summed E-state index contributed by atoms with van der Waals surface area (Å²) in [7, 11) is 8.25. The number of nitrogens with one attached hydrogen (secondary N) is 1. The zero-order valence-corrected chi connectivity index (χ0v) is 18.8. The highest BCUT2D eigenvalue weighted by Gasteiger charge is 2.39. The number of rotatable bonds is 5. The molecule has 1 aromatic heterocycles. The van der Waals surface area contributed by atoms with Gasteiger partial charge < -0.3 is 19.7 Å². The average Bonchev–Trinajstić information content (AvgIpc) is 3.01. The van der Waals surface area contributed by atoms with Gasteiger partial charge in [-0.25, -0.2) is 0 Å². The van der Waals surface area contributed by atoms with Gasteiger partial charge in [-0.05, 0) is 65.0 Å². The van der Waals surface area contributed by atoms with Gasteiger partial charge in [0.15, 0.2) is 5.96 Å². The Morgan fingerprint density at radius 3 is 2.43 bits per heavy atom. The number of aryl methyl sites for hydroxylation is 1. The van der Waals surface area contributed by atoms with Gasteiger partial charge in [0, 0.05) is 45.1 Å². The molecule has 3 rings (SSSR count). The maximum atomic E-state index is 6.15. The quantitative estimate of drug-likeness (QED) is 0.600. The molecule has 7 heteroatoms. The van der Waals surface area contributed by atoms with E-state index in [-0.39, 0.29) is 5.54 Å². The predicted molar refractivity (Wildman–Crippen MR) is 118 cm³/mol. The van der Waals surface area contributed by atoms with Crippen molar-refractivity contribution in [2.75, 3.05) is 53.9 Å². The van der Waals surface area contributed by atoms with Crippen LogP contribution in [0.25, 0.3) is 0 Å². The lowest BCUT2D eigenvalue weighted by molar-refractivity contribution is 0.0170. The summed E-state index contributed by atoms with van der Waals surface area (Å²) < 4.78 is 2.08. The number of hydrogen-bond acceptors (Lipinski definition) is 3. The van der Waals surface area contributed by atoms with Crippen molar-refractivity contribution < 1.29 is 0 Å². The minimum absolute atomic E-state index is 0.248. The second-order valence-corrected chi connectivity index (χ2v) is 9.03. The van der Waals surface area contributed by atoms with Gasteiger partial charge in [0.05, 0.1) is 11.6 Å². The fourth-order valence-corrected chi connectivity index (χ4v) is 4.95. The lowest BCUT2D eigenvalue weighted by Crippen LogP contribution is -2.62. The Hall–Kier alpha value is -1.24. The van der Waals surface area contributed by atoms with E-state index in [1.807, 2.05) is 26.4 Å². The fourth-order valence-electron chi connectivity index (χ4n) is 4.68. The summed E-state index contributed by atoms with van der Waals surface area (Å²) in [5, 5.41) is 4.49. The molecule has 2 fully saturated rings. The van der Waals surface area contributed by atoms with Gasteiger partial charge >= 0.3 is 0 Å². The summed E-state index contributed by atoms with van der Waals surface area (Å²) >= 11 is 6.15. The van der Waals surface area contributed by atoms with Gasteiger partial charge in [-0.15, -0.1) is 0 Å².